The van der Waals surface area contributed by atoms with Gasteiger partial charge in [0, 0.05) is 43.3 Å². The number of rotatable bonds is 5. The Morgan fingerprint density at radius 2 is 2.11 bits per heavy atom. The number of ether oxygens (including phenoxy) is 1. The van der Waals surface area contributed by atoms with Crippen molar-refractivity contribution in [3.05, 3.63) is 66.3 Å². The van der Waals surface area contributed by atoms with Crippen molar-refractivity contribution in [2.45, 2.75) is 52.7 Å². The fourth-order valence-corrected chi connectivity index (χ4v) is 4.49. The van der Waals surface area contributed by atoms with Crippen LogP contribution in [0.4, 0.5) is 22.1 Å². The molecule has 0 fully saturated rings. The molecule has 0 atom stereocenters. The van der Waals surface area contributed by atoms with Crippen LogP contribution in [-0.4, -0.2) is 44.5 Å². The Labute approximate surface area is 217 Å². The predicted molar refractivity (Wildman–Crippen MR) is 146 cm³/mol. The van der Waals surface area contributed by atoms with Gasteiger partial charge in [-0.1, -0.05) is 12.1 Å². The van der Waals surface area contributed by atoms with Crippen LogP contribution in [0.3, 0.4) is 0 Å². The SMILES string of the molecule is CCn1cc(-c2ccnc(Nc3ccc4c(c3)N(C(=O)OC(C)(C)C)CCC4)n2)c(C2=CC=CNC2)n1. The Kier molecular flexibility index (Phi) is 6.69. The largest absolute Gasteiger partial charge is 0.443 e. The third-order valence-electron chi connectivity index (χ3n) is 6.20. The molecule has 1 amide bonds. The Morgan fingerprint density at radius 3 is 2.86 bits per heavy atom. The first-order valence-corrected chi connectivity index (χ1v) is 12.7. The van der Waals surface area contributed by atoms with Crippen molar-refractivity contribution >= 4 is 29.0 Å². The van der Waals surface area contributed by atoms with E-state index in [1.807, 2.05) is 62.1 Å². The highest BCUT2D eigenvalue weighted by Gasteiger charge is 2.27. The number of benzene rings is 1. The fourth-order valence-electron chi connectivity index (χ4n) is 4.49. The highest BCUT2D eigenvalue weighted by molar-refractivity contribution is 5.90. The normalized spacial score (nSPS) is 15.0. The van der Waals surface area contributed by atoms with Gasteiger partial charge in [0.05, 0.1) is 17.1 Å². The van der Waals surface area contributed by atoms with Gasteiger partial charge in [-0.25, -0.2) is 14.8 Å². The van der Waals surface area contributed by atoms with Crippen LogP contribution < -0.4 is 15.5 Å². The van der Waals surface area contributed by atoms with Gasteiger partial charge in [-0.3, -0.25) is 9.58 Å². The van der Waals surface area contributed by atoms with Gasteiger partial charge in [0.25, 0.3) is 0 Å². The number of nitrogens with zero attached hydrogens (tertiary/aromatic N) is 5. The maximum Gasteiger partial charge on any atom is 0.414 e. The summed E-state index contributed by atoms with van der Waals surface area (Å²) in [5.41, 5.74) is 5.99. The molecule has 0 spiro atoms. The maximum atomic E-state index is 12.9. The van der Waals surface area contributed by atoms with Crippen molar-refractivity contribution in [1.82, 2.24) is 25.1 Å². The second-order valence-corrected chi connectivity index (χ2v) is 10.1. The van der Waals surface area contributed by atoms with Crippen molar-refractivity contribution in [2.24, 2.45) is 0 Å². The minimum Gasteiger partial charge on any atom is -0.443 e. The molecule has 192 valence electrons. The zero-order valence-corrected chi connectivity index (χ0v) is 21.8. The maximum absolute atomic E-state index is 12.9. The summed E-state index contributed by atoms with van der Waals surface area (Å²) in [6, 6.07) is 7.92. The molecule has 0 radical (unpaired) electrons. The molecule has 0 aliphatic carbocycles. The van der Waals surface area contributed by atoms with E-state index in [0.717, 1.165) is 58.8 Å². The topological polar surface area (TPSA) is 97.2 Å². The fraction of sp³-hybridized carbons (Fsp3) is 0.357. The van der Waals surface area contributed by atoms with Crippen molar-refractivity contribution in [1.29, 1.82) is 0 Å². The average molecular weight is 500 g/mol. The molecule has 2 aliphatic heterocycles. The second kappa shape index (κ2) is 10.1. The van der Waals surface area contributed by atoms with Gasteiger partial charge in [-0.15, -0.1) is 0 Å². The van der Waals surface area contributed by atoms with Crippen molar-refractivity contribution < 1.29 is 9.53 Å². The van der Waals surface area contributed by atoms with Gasteiger partial charge in [0.15, 0.2) is 0 Å². The van der Waals surface area contributed by atoms with Crippen LogP contribution in [0.2, 0.25) is 0 Å². The Balaban J connectivity index is 1.43. The van der Waals surface area contributed by atoms with E-state index in [1.165, 1.54) is 0 Å². The van der Waals surface area contributed by atoms with Crippen LogP contribution in [0.1, 0.15) is 45.4 Å². The number of hydrogen-bond acceptors (Lipinski definition) is 7. The number of anilines is 3. The average Bonchev–Trinajstić information content (AvgIpc) is 3.33. The molecule has 0 saturated carbocycles. The van der Waals surface area contributed by atoms with Gasteiger partial charge in [-0.05, 0) is 82.1 Å². The van der Waals surface area contributed by atoms with E-state index in [-0.39, 0.29) is 6.09 Å². The number of hydrogen-bond donors (Lipinski definition) is 2. The summed E-state index contributed by atoms with van der Waals surface area (Å²) in [5.74, 6) is 0.475. The van der Waals surface area contributed by atoms with Crippen molar-refractivity contribution in [2.75, 3.05) is 23.3 Å². The zero-order chi connectivity index (χ0) is 26.0. The number of allylic oxidation sites excluding steroid dienone is 2. The molecule has 0 saturated heterocycles. The van der Waals surface area contributed by atoms with Gasteiger partial charge in [0.2, 0.25) is 5.95 Å². The first kappa shape index (κ1) is 24.5. The number of aryl methyl sites for hydroxylation is 2. The summed E-state index contributed by atoms with van der Waals surface area (Å²) in [4.78, 5) is 23.9. The number of dihydropyridines is 1. The second-order valence-electron chi connectivity index (χ2n) is 10.1. The molecule has 2 N–H and O–H groups in total. The lowest BCUT2D eigenvalue weighted by molar-refractivity contribution is 0.0578. The summed E-state index contributed by atoms with van der Waals surface area (Å²) >= 11 is 0. The molecule has 37 heavy (non-hydrogen) atoms. The van der Waals surface area contributed by atoms with E-state index in [2.05, 4.69) is 34.7 Å². The molecule has 2 aliphatic rings. The predicted octanol–water partition coefficient (Wildman–Crippen LogP) is 5.29. The zero-order valence-electron chi connectivity index (χ0n) is 21.8. The van der Waals surface area contributed by atoms with E-state index >= 15 is 0 Å². The van der Waals surface area contributed by atoms with Gasteiger partial charge >= 0.3 is 6.09 Å². The molecule has 5 rings (SSSR count). The minimum atomic E-state index is -0.552. The van der Waals surface area contributed by atoms with Gasteiger partial charge < -0.3 is 15.4 Å². The van der Waals surface area contributed by atoms with E-state index in [4.69, 9.17) is 14.8 Å². The van der Waals surface area contributed by atoms with Crippen molar-refractivity contribution in [3.63, 3.8) is 0 Å². The third kappa shape index (κ3) is 5.50. The first-order valence-electron chi connectivity index (χ1n) is 12.7. The van der Waals surface area contributed by atoms with Crippen LogP contribution in [0.5, 0.6) is 0 Å². The number of carbonyl (C=O) groups excluding carboxylic acids is 1. The van der Waals surface area contributed by atoms with E-state index < -0.39 is 5.60 Å². The third-order valence-corrected chi connectivity index (χ3v) is 6.20. The number of fused-ring (bicyclic) bond motifs is 1. The summed E-state index contributed by atoms with van der Waals surface area (Å²) in [7, 11) is 0. The molecule has 3 aromatic rings. The molecular formula is C28H33N7O2. The summed E-state index contributed by atoms with van der Waals surface area (Å²) in [5, 5.41) is 11.4. The number of aromatic nitrogens is 4. The van der Waals surface area contributed by atoms with Crippen LogP contribution in [0.15, 0.2) is 55.0 Å². The van der Waals surface area contributed by atoms with E-state index in [0.29, 0.717) is 19.0 Å². The standard InChI is InChI=1S/C28H33N7O2/c1-5-34-18-22(25(33-34)20-8-6-13-29-17-20)23-12-14-30-26(32-23)31-21-11-10-19-9-7-15-35(24(19)16-21)27(36)37-28(2,3)4/h6,8,10-14,16,18,29H,5,7,9,15,17H2,1-4H3,(H,30,31,32). The van der Waals surface area contributed by atoms with E-state index in [9.17, 15) is 4.79 Å². The summed E-state index contributed by atoms with van der Waals surface area (Å²) in [6.07, 6.45) is 11.3. The Bertz CT molecular complexity index is 1370. The van der Waals surface area contributed by atoms with Crippen LogP contribution in [0, 0.1) is 0 Å². The lowest BCUT2D eigenvalue weighted by Crippen LogP contribution is -2.39. The van der Waals surface area contributed by atoms with Gasteiger partial charge in [0.1, 0.15) is 5.60 Å². The summed E-state index contributed by atoms with van der Waals surface area (Å²) in [6.45, 7) is 9.81. The lowest BCUT2D eigenvalue weighted by Gasteiger charge is -2.32. The lowest BCUT2D eigenvalue weighted by atomic mass is 10.0. The monoisotopic (exact) mass is 499 g/mol. The number of nitrogens with one attached hydrogen (secondary N) is 2. The highest BCUT2D eigenvalue weighted by atomic mass is 16.6. The van der Waals surface area contributed by atoms with Crippen LogP contribution in [-0.2, 0) is 17.7 Å². The first-order chi connectivity index (χ1) is 17.8. The Hall–Kier alpha value is -4.14. The molecular weight excluding hydrogens is 466 g/mol. The molecule has 9 heteroatoms. The molecule has 0 unspecified atom stereocenters. The number of carbonyl (C=O) groups is 1. The van der Waals surface area contributed by atoms with Crippen molar-refractivity contribution in [3.8, 4) is 11.3 Å². The van der Waals surface area contributed by atoms with E-state index in [1.54, 1.807) is 11.1 Å². The molecule has 4 heterocycles. The molecule has 1 aromatic carbocycles. The Morgan fingerprint density at radius 1 is 1.24 bits per heavy atom. The highest BCUT2D eigenvalue weighted by Crippen LogP contribution is 2.33. The van der Waals surface area contributed by atoms with Crippen LogP contribution >= 0.6 is 0 Å². The van der Waals surface area contributed by atoms with Crippen LogP contribution in [0.25, 0.3) is 16.8 Å². The quantitative estimate of drug-likeness (QED) is 0.492. The molecule has 0 bridgehead atoms. The summed E-state index contributed by atoms with van der Waals surface area (Å²) < 4.78 is 7.57. The molecule has 9 nitrogen and oxygen atoms in total. The van der Waals surface area contributed by atoms with Gasteiger partial charge in [-0.2, -0.15) is 5.10 Å². The molecule has 2 aromatic heterocycles. The minimum absolute atomic E-state index is 0.328. The smallest absolute Gasteiger partial charge is 0.414 e. The number of amides is 1.